The molecule has 2 rings (SSSR count). The molecule has 0 N–H and O–H groups in total. The molecule has 0 saturated heterocycles. The molecule has 2 aromatic carbocycles. The molecule has 0 aliphatic heterocycles. The van der Waals surface area contributed by atoms with E-state index in [4.69, 9.17) is 4.74 Å². The molecule has 0 atom stereocenters. The second-order valence-corrected chi connectivity index (χ2v) is 4.79. The van der Waals surface area contributed by atoms with E-state index in [1.165, 1.54) is 18.2 Å². The molecular weight excluding hydrogens is 348 g/mol. The van der Waals surface area contributed by atoms with Crippen molar-refractivity contribution in [2.45, 2.75) is 11.9 Å². The Hall–Kier alpha value is -2.02. The van der Waals surface area contributed by atoms with Crippen LogP contribution in [0.2, 0.25) is 0 Å². The summed E-state index contributed by atoms with van der Waals surface area (Å²) in [5.41, 5.74) is 0.537. The number of benzene rings is 2. The van der Waals surface area contributed by atoms with Crippen LogP contribution in [0.5, 0.6) is 5.75 Å². The molecule has 0 amide bonds. The zero-order valence-corrected chi connectivity index (χ0v) is 12.3. The largest absolute Gasteiger partial charge is 0.486 e. The van der Waals surface area contributed by atoms with Gasteiger partial charge in [0.15, 0.2) is 11.6 Å². The monoisotopic (exact) mass is 357 g/mol. The lowest BCUT2D eigenvalue weighted by Crippen LogP contribution is -2.00. The van der Waals surface area contributed by atoms with Crippen molar-refractivity contribution in [3.63, 3.8) is 0 Å². The molecule has 0 bridgehead atoms. The van der Waals surface area contributed by atoms with Crippen LogP contribution in [0.4, 0.5) is 14.5 Å². The molecule has 0 fully saturated rings. The fourth-order valence-corrected chi connectivity index (χ4v) is 2.04. The molecular formula is C14H10BrF2NO3. The summed E-state index contributed by atoms with van der Waals surface area (Å²) in [4.78, 5) is 9.69. The number of rotatable bonds is 5. The van der Waals surface area contributed by atoms with Crippen LogP contribution in [0, 0.1) is 21.7 Å². The Kier molecular flexibility index (Phi) is 4.85. The Labute approximate surface area is 127 Å². The van der Waals surface area contributed by atoms with Gasteiger partial charge >= 0.3 is 5.69 Å². The van der Waals surface area contributed by atoms with Crippen LogP contribution in [-0.4, -0.2) is 4.92 Å². The first-order valence-corrected chi connectivity index (χ1v) is 7.03. The van der Waals surface area contributed by atoms with Crippen LogP contribution in [0.3, 0.4) is 0 Å². The van der Waals surface area contributed by atoms with Crippen molar-refractivity contribution in [2.75, 3.05) is 0 Å². The zero-order valence-electron chi connectivity index (χ0n) is 10.7. The van der Waals surface area contributed by atoms with E-state index in [0.29, 0.717) is 10.9 Å². The number of hydrogen-bond acceptors (Lipinski definition) is 3. The Morgan fingerprint density at radius 3 is 2.33 bits per heavy atom. The summed E-state index contributed by atoms with van der Waals surface area (Å²) in [6, 6.07) is 7.94. The third kappa shape index (κ3) is 3.75. The standard InChI is InChI=1S/C14H10BrF2NO3/c15-7-9-2-4-14(12(17)5-9)21-8-10-1-3-13(18(19)20)11(16)6-10/h1-6H,7-8H2. The van der Waals surface area contributed by atoms with Gasteiger partial charge in [-0.25, -0.2) is 4.39 Å². The van der Waals surface area contributed by atoms with E-state index in [1.54, 1.807) is 6.07 Å². The topological polar surface area (TPSA) is 52.4 Å². The van der Waals surface area contributed by atoms with Gasteiger partial charge in [-0.2, -0.15) is 4.39 Å². The molecule has 110 valence electrons. The van der Waals surface area contributed by atoms with Gasteiger partial charge in [0.05, 0.1) is 4.92 Å². The van der Waals surface area contributed by atoms with Crippen molar-refractivity contribution in [1.29, 1.82) is 0 Å². The summed E-state index contributed by atoms with van der Waals surface area (Å²) in [6.45, 7) is -0.0838. The summed E-state index contributed by atoms with van der Waals surface area (Å²) < 4.78 is 32.4. The van der Waals surface area contributed by atoms with Gasteiger partial charge in [-0.05, 0) is 35.4 Å². The number of alkyl halides is 1. The van der Waals surface area contributed by atoms with Gasteiger partial charge in [0, 0.05) is 11.4 Å². The first kappa shape index (κ1) is 15.4. The predicted molar refractivity (Wildman–Crippen MR) is 76.4 cm³/mol. The molecule has 0 aromatic heterocycles. The lowest BCUT2D eigenvalue weighted by atomic mass is 10.2. The van der Waals surface area contributed by atoms with Crippen molar-refractivity contribution < 1.29 is 18.4 Å². The minimum atomic E-state index is -0.948. The highest BCUT2D eigenvalue weighted by molar-refractivity contribution is 9.08. The Morgan fingerprint density at radius 1 is 1.10 bits per heavy atom. The summed E-state index contributed by atoms with van der Waals surface area (Å²) in [6.07, 6.45) is 0. The van der Waals surface area contributed by atoms with E-state index in [-0.39, 0.29) is 12.4 Å². The van der Waals surface area contributed by atoms with Gasteiger partial charge < -0.3 is 4.74 Å². The molecule has 0 spiro atoms. The number of halogens is 3. The molecule has 0 aliphatic carbocycles. The van der Waals surface area contributed by atoms with Crippen LogP contribution in [0.1, 0.15) is 11.1 Å². The van der Waals surface area contributed by atoms with Crippen LogP contribution in [0.15, 0.2) is 36.4 Å². The molecule has 0 saturated carbocycles. The summed E-state index contributed by atoms with van der Waals surface area (Å²) in [7, 11) is 0. The van der Waals surface area contributed by atoms with Crippen LogP contribution >= 0.6 is 15.9 Å². The fraction of sp³-hybridized carbons (Fsp3) is 0.143. The van der Waals surface area contributed by atoms with Crippen LogP contribution in [-0.2, 0) is 11.9 Å². The summed E-state index contributed by atoms with van der Waals surface area (Å²) in [5.74, 6) is -1.43. The van der Waals surface area contributed by atoms with Crippen molar-refractivity contribution in [3.05, 3.63) is 69.3 Å². The number of nitro benzene ring substituents is 1. The molecule has 0 radical (unpaired) electrons. The smallest absolute Gasteiger partial charge is 0.304 e. The number of ether oxygens (including phenoxy) is 1. The number of nitro groups is 1. The predicted octanol–water partition coefficient (Wildman–Crippen LogP) is 4.35. The van der Waals surface area contributed by atoms with Gasteiger partial charge in [0.25, 0.3) is 0 Å². The van der Waals surface area contributed by atoms with Crippen LogP contribution in [0.25, 0.3) is 0 Å². The quantitative estimate of drug-likeness (QED) is 0.454. The Bertz CT molecular complexity index is 679. The first-order valence-electron chi connectivity index (χ1n) is 5.91. The SMILES string of the molecule is O=[N+]([O-])c1ccc(COc2ccc(CBr)cc2F)cc1F. The van der Waals surface area contributed by atoms with Crippen molar-refractivity contribution in [1.82, 2.24) is 0 Å². The maximum atomic E-state index is 13.7. The maximum Gasteiger partial charge on any atom is 0.304 e. The van der Waals surface area contributed by atoms with Gasteiger partial charge in [0.2, 0.25) is 5.82 Å². The van der Waals surface area contributed by atoms with E-state index < -0.39 is 22.2 Å². The minimum Gasteiger partial charge on any atom is -0.486 e. The summed E-state index contributed by atoms with van der Waals surface area (Å²) in [5, 5.41) is 11.0. The zero-order chi connectivity index (χ0) is 15.4. The van der Waals surface area contributed by atoms with Crippen molar-refractivity contribution >= 4 is 21.6 Å². The number of hydrogen-bond donors (Lipinski definition) is 0. The minimum absolute atomic E-state index is 0.0402. The summed E-state index contributed by atoms with van der Waals surface area (Å²) >= 11 is 3.21. The third-order valence-electron chi connectivity index (χ3n) is 2.75. The number of nitrogens with zero attached hydrogens (tertiary/aromatic N) is 1. The van der Waals surface area contributed by atoms with E-state index in [9.17, 15) is 18.9 Å². The normalized spacial score (nSPS) is 10.4. The van der Waals surface area contributed by atoms with Crippen molar-refractivity contribution in [3.8, 4) is 5.75 Å². The maximum absolute atomic E-state index is 13.7. The van der Waals surface area contributed by atoms with Gasteiger partial charge in [-0.3, -0.25) is 10.1 Å². The van der Waals surface area contributed by atoms with Gasteiger partial charge in [-0.15, -0.1) is 0 Å². The molecule has 0 unspecified atom stereocenters. The average Bonchev–Trinajstić information content (AvgIpc) is 2.45. The molecule has 7 heteroatoms. The third-order valence-corrected chi connectivity index (χ3v) is 3.40. The fourth-order valence-electron chi connectivity index (χ4n) is 1.69. The molecule has 2 aromatic rings. The Balaban J connectivity index is 2.10. The second kappa shape index (κ2) is 6.62. The van der Waals surface area contributed by atoms with E-state index >= 15 is 0 Å². The highest BCUT2D eigenvalue weighted by Gasteiger charge is 2.14. The lowest BCUT2D eigenvalue weighted by Gasteiger charge is -2.08. The second-order valence-electron chi connectivity index (χ2n) is 4.23. The van der Waals surface area contributed by atoms with Gasteiger partial charge in [0.1, 0.15) is 6.61 Å². The Morgan fingerprint density at radius 2 is 1.76 bits per heavy atom. The van der Waals surface area contributed by atoms with E-state index in [2.05, 4.69) is 15.9 Å². The van der Waals surface area contributed by atoms with Gasteiger partial charge in [-0.1, -0.05) is 22.0 Å². The van der Waals surface area contributed by atoms with Crippen molar-refractivity contribution in [2.24, 2.45) is 0 Å². The van der Waals surface area contributed by atoms with E-state index in [0.717, 1.165) is 17.7 Å². The molecule has 4 nitrogen and oxygen atoms in total. The molecule has 21 heavy (non-hydrogen) atoms. The molecule has 0 aliphatic rings. The van der Waals surface area contributed by atoms with Crippen LogP contribution < -0.4 is 4.74 Å². The molecule has 0 heterocycles. The average molecular weight is 358 g/mol. The lowest BCUT2D eigenvalue weighted by molar-refractivity contribution is -0.387. The van der Waals surface area contributed by atoms with E-state index in [1.807, 2.05) is 0 Å². The first-order chi connectivity index (χ1) is 10.0. The highest BCUT2D eigenvalue weighted by atomic mass is 79.9. The highest BCUT2D eigenvalue weighted by Crippen LogP contribution is 2.22.